The van der Waals surface area contributed by atoms with Crippen molar-refractivity contribution in [3.05, 3.63) is 42.0 Å². The molecule has 6 heteroatoms. The lowest BCUT2D eigenvalue weighted by Crippen LogP contribution is -2.10. The summed E-state index contributed by atoms with van der Waals surface area (Å²) in [7, 11) is 1.93. The second kappa shape index (κ2) is 6.10. The SMILES string of the molecule is CCOC(=O)c1cc(NCc2nccn2C)ccc1N. The number of rotatable bonds is 5. The van der Waals surface area contributed by atoms with E-state index >= 15 is 0 Å². The first kappa shape index (κ1) is 13.9. The second-order valence-corrected chi connectivity index (χ2v) is 4.33. The summed E-state index contributed by atoms with van der Waals surface area (Å²) in [4.78, 5) is 16.0. The Morgan fingerprint density at radius 1 is 1.50 bits per heavy atom. The average Bonchev–Trinajstić information content (AvgIpc) is 2.83. The number of nitrogens with one attached hydrogen (secondary N) is 1. The fraction of sp³-hybridized carbons (Fsp3) is 0.286. The summed E-state index contributed by atoms with van der Waals surface area (Å²) >= 11 is 0. The number of benzene rings is 1. The van der Waals surface area contributed by atoms with Crippen molar-refractivity contribution in [2.45, 2.75) is 13.5 Å². The molecular formula is C14H18N4O2. The lowest BCUT2D eigenvalue weighted by atomic mass is 10.1. The van der Waals surface area contributed by atoms with Gasteiger partial charge in [0.25, 0.3) is 0 Å². The van der Waals surface area contributed by atoms with Crippen molar-refractivity contribution in [3.63, 3.8) is 0 Å². The summed E-state index contributed by atoms with van der Waals surface area (Å²) in [6.07, 6.45) is 3.62. The number of carbonyl (C=O) groups excluding carboxylic acids is 1. The quantitative estimate of drug-likeness (QED) is 0.641. The van der Waals surface area contributed by atoms with Gasteiger partial charge in [-0.3, -0.25) is 0 Å². The number of aryl methyl sites for hydroxylation is 1. The van der Waals surface area contributed by atoms with Gasteiger partial charge in [-0.05, 0) is 25.1 Å². The number of nitrogen functional groups attached to an aromatic ring is 1. The fourth-order valence-corrected chi connectivity index (χ4v) is 1.80. The van der Waals surface area contributed by atoms with Gasteiger partial charge < -0.3 is 20.4 Å². The fourth-order valence-electron chi connectivity index (χ4n) is 1.80. The molecule has 20 heavy (non-hydrogen) atoms. The van der Waals surface area contributed by atoms with Crippen LogP contribution in [0.1, 0.15) is 23.1 Å². The van der Waals surface area contributed by atoms with Crippen LogP contribution in [0.3, 0.4) is 0 Å². The Balaban J connectivity index is 2.11. The molecule has 0 saturated carbocycles. The highest BCUT2D eigenvalue weighted by molar-refractivity contribution is 5.96. The van der Waals surface area contributed by atoms with E-state index < -0.39 is 5.97 Å². The Morgan fingerprint density at radius 2 is 2.30 bits per heavy atom. The largest absolute Gasteiger partial charge is 0.462 e. The molecule has 0 unspecified atom stereocenters. The lowest BCUT2D eigenvalue weighted by molar-refractivity contribution is 0.0527. The van der Waals surface area contributed by atoms with Crippen LogP contribution in [0.2, 0.25) is 0 Å². The molecule has 0 radical (unpaired) electrons. The first-order chi connectivity index (χ1) is 9.61. The van der Waals surface area contributed by atoms with Gasteiger partial charge in [0, 0.05) is 30.8 Å². The Bertz CT molecular complexity index is 607. The van der Waals surface area contributed by atoms with E-state index in [-0.39, 0.29) is 0 Å². The smallest absolute Gasteiger partial charge is 0.340 e. The summed E-state index contributed by atoms with van der Waals surface area (Å²) in [5, 5.41) is 3.21. The molecule has 1 aromatic carbocycles. The van der Waals surface area contributed by atoms with Crippen molar-refractivity contribution >= 4 is 17.3 Å². The number of imidazole rings is 1. The van der Waals surface area contributed by atoms with Crippen LogP contribution in [0.15, 0.2) is 30.6 Å². The van der Waals surface area contributed by atoms with Crippen molar-refractivity contribution in [2.75, 3.05) is 17.7 Å². The van der Waals surface area contributed by atoms with Crippen LogP contribution in [-0.4, -0.2) is 22.1 Å². The average molecular weight is 274 g/mol. The molecule has 6 nitrogen and oxygen atoms in total. The van der Waals surface area contributed by atoms with Gasteiger partial charge in [-0.1, -0.05) is 0 Å². The highest BCUT2D eigenvalue weighted by atomic mass is 16.5. The van der Waals surface area contributed by atoms with Crippen molar-refractivity contribution in [3.8, 4) is 0 Å². The molecule has 0 bridgehead atoms. The Kier molecular flexibility index (Phi) is 4.24. The van der Waals surface area contributed by atoms with Crippen LogP contribution in [-0.2, 0) is 18.3 Å². The van der Waals surface area contributed by atoms with Gasteiger partial charge in [-0.2, -0.15) is 0 Å². The number of nitrogens with zero attached hydrogens (tertiary/aromatic N) is 2. The molecule has 106 valence electrons. The number of nitrogens with two attached hydrogens (primary N) is 1. The molecule has 1 aromatic heterocycles. The number of carbonyl (C=O) groups is 1. The summed E-state index contributed by atoms with van der Waals surface area (Å²) in [6, 6.07) is 5.20. The zero-order chi connectivity index (χ0) is 14.5. The van der Waals surface area contributed by atoms with Gasteiger partial charge >= 0.3 is 5.97 Å². The van der Waals surface area contributed by atoms with Gasteiger partial charge in [-0.25, -0.2) is 9.78 Å². The minimum atomic E-state index is -0.411. The normalized spacial score (nSPS) is 10.3. The highest BCUT2D eigenvalue weighted by Crippen LogP contribution is 2.19. The van der Waals surface area contributed by atoms with Gasteiger partial charge in [-0.15, -0.1) is 0 Å². The zero-order valence-electron chi connectivity index (χ0n) is 11.6. The van der Waals surface area contributed by atoms with Gasteiger partial charge in [0.1, 0.15) is 5.82 Å². The second-order valence-electron chi connectivity index (χ2n) is 4.33. The minimum Gasteiger partial charge on any atom is -0.462 e. The van der Waals surface area contributed by atoms with E-state index in [1.54, 1.807) is 25.3 Å². The van der Waals surface area contributed by atoms with E-state index in [4.69, 9.17) is 10.5 Å². The molecule has 0 saturated heterocycles. The molecule has 2 aromatic rings. The summed E-state index contributed by atoms with van der Waals surface area (Å²) < 4.78 is 6.90. The maximum atomic E-state index is 11.8. The molecule has 3 N–H and O–H groups in total. The molecule has 0 aliphatic rings. The maximum absolute atomic E-state index is 11.8. The Hall–Kier alpha value is -2.50. The van der Waals surface area contributed by atoms with Gasteiger partial charge in [0.2, 0.25) is 0 Å². The summed E-state index contributed by atoms with van der Waals surface area (Å²) in [5.74, 6) is 0.491. The number of esters is 1. The van der Waals surface area contributed by atoms with Crippen molar-refractivity contribution in [1.29, 1.82) is 0 Å². The topological polar surface area (TPSA) is 82.2 Å². The third-order valence-corrected chi connectivity index (χ3v) is 2.92. The van der Waals surface area contributed by atoms with Crippen LogP contribution in [0.4, 0.5) is 11.4 Å². The van der Waals surface area contributed by atoms with E-state index in [1.165, 1.54) is 0 Å². The number of ether oxygens (including phenoxy) is 1. The molecule has 1 heterocycles. The number of hydrogen-bond donors (Lipinski definition) is 2. The third-order valence-electron chi connectivity index (χ3n) is 2.92. The van der Waals surface area contributed by atoms with Crippen molar-refractivity contribution in [2.24, 2.45) is 7.05 Å². The molecule has 0 aliphatic heterocycles. The van der Waals surface area contributed by atoms with Crippen LogP contribution in [0.25, 0.3) is 0 Å². The molecule has 0 spiro atoms. The summed E-state index contributed by atoms with van der Waals surface area (Å²) in [5.41, 5.74) is 7.37. The summed E-state index contributed by atoms with van der Waals surface area (Å²) in [6.45, 7) is 2.65. The molecule has 2 rings (SSSR count). The van der Waals surface area contributed by atoms with Crippen LogP contribution in [0, 0.1) is 0 Å². The van der Waals surface area contributed by atoms with Crippen LogP contribution < -0.4 is 11.1 Å². The molecular weight excluding hydrogens is 256 g/mol. The van der Waals surface area contributed by atoms with Gasteiger partial charge in [0.05, 0.1) is 18.7 Å². The van der Waals surface area contributed by atoms with E-state index in [9.17, 15) is 4.79 Å². The van der Waals surface area contributed by atoms with Crippen molar-refractivity contribution in [1.82, 2.24) is 9.55 Å². The monoisotopic (exact) mass is 274 g/mol. The minimum absolute atomic E-state index is 0.323. The van der Waals surface area contributed by atoms with E-state index in [2.05, 4.69) is 10.3 Å². The lowest BCUT2D eigenvalue weighted by Gasteiger charge is -2.10. The first-order valence-electron chi connectivity index (χ1n) is 6.38. The Morgan fingerprint density at radius 3 is 2.95 bits per heavy atom. The molecule has 0 aliphatic carbocycles. The number of anilines is 2. The third kappa shape index (κ3) is 3.09. The van der Waals surface area contributed by atoms with Crippen LogP contribution in [0.5, 0.6) is 0 Å². The molecule has 0 atom stereocenters. The van der Waals surface area contributed by atoms with Crippen LogP contribution >= 0.6 is 0 Å². The zero-order valence-corrected chi connectivity index (χ0v) is 11.6. The predicted molar refractivity (Wildman–Crippen MR) is 77.3 cm³/mol. The van der Waals surface area contributed by atoms with Crippen molar-refractivity contribution < 1.29 is 9.53 Å². The van der Waals surface area contributed by atoms with E-state index in [1.807, 2.05) is 23.9 Å². The standard InChI is InChI=1S/C14H18N4O2/c1-3-20-14(19)11-8-10(4-5-12(11)15)17-9-13-16-6-7-18(13)2/h4-8,17H,3,9,15H2,1-2H3. The van der Waals surface area contributed by atoms with E-state index in [0.717, 1.165) is 11.5 Å². The van der Waals surface area contributed by atoms with Gasteiger partial charge in [0.15, 0.2) is 0 Å². The molecule has 0 fully saturated rings. The van der Waals surface area contributed by atoms with E-state index in [0.29, 0.717) is 24.4 Å². The number of hydrogen-bond acceptors (Lipinski definition) is 5. The maximum Gasteiger partial charge on any atom is 0.340 e. The highest BCUT2D eigenvalue weighted by Gasteiger charge is 2.11. The first-order valence-corrected chi connectivity index (χ1v) is 6.38. The number of aromatic nitrogens is 2. The molecule has 0 amide bonds. The Labute approximate surface area is 117 Å². The predicted octanol–water partition coefficient (Wildman–Crippen LogP) is 1.79.